The van der Waals surface area contributed by atoms with Gasteiger partial charge in [0.15, 0.2) is 0 Å². The Bertz CT molecular complexity index is 1320. The number of benzene rings is 2. The maximum atomic E-state index is 10.9. The highest BCUT2D eigenvalue weighted by atomic mass is 16.5. The summed E-state index contributed by atoms with van der Waals surface area (Å²) in [4.78, 5) is 19.0. The lowest BCUT2D eigenvalue weighted by Gasteiger charge is -2.11. The van der Waals surface area contributed by atoms with Crippen molar-refractivity contribution in [2.45, 2.75) is 18.9 Å². The number of hydrogen-bond donors (Lipinski definition) is 2. The van der Waals surface area contributed by atoms with Gasteiger partial charge in [-0.3, -0.25) is 10.3 Å². The van der Waals surface area contributed by atoms with E-state index in [9.17, 15) is 10.1 Å². The molecule has 5 rings (SSSR count). The van der Waals surface area contributed by atoms with Gasteiger partial charge in [-0.1, -0.05) is 12.1 Å². The Kier molecular flexibility index (Phi) is 4.49. The number of fused-ring (bicyclic) bond motifs is 1. The number of nitriles is 1. The summed E-state index contributed by atoms with van der Waals surface area (Å²) in [5.41, 5.74) is 3.67. The third-order valence-corrected chi connectivity index (χ3v) is 5.17. The highest BCUT2D eigenvalue weighted by Gasteiger charge is 2.30. The highest BCUT2D eigenvalue weighted by Crippen LogP contribution is 2.45. The van der Waals surface area contributed by atoms with Crippen LogP contribution < -0.4 is 10.1 Å². The average molecular weight is 411 g/mol. The van der Waals surface area contributed by atoms with Crippen molar-refractivity contribution in [3.05, 3.63) is 66.6 Å². The lowest BCUT2D eigenvalue weighted by Crippen LogP contribution is -2.06. The van der Waals surface area contributed by atoms with E-state index in [0.717, 1.165) is 35.0 Å². The van der Waals surface area contributed by atoms with E-state index in [-0.39, 0.29) is 0 Å². The van der Waals surface area contributed by atoms with Gasteiger partial charge in [-0.25, -0.2) is 9.78 Å². The molecule has 1 fully saturated rings. The van der Waals surface area contributed by atoms with Gasteiger partial charge in [0.05, 0.1) is 23.0 Å². The summed E-state index contributed by atoms with van der Waals surface area (Å²) in [5.74, 6) is 1.01. The van der Waals surface area contributed by atoms with Crippen LogP contribution in [-0.2, 0) is 0 Å². The van der Waals surface area contributed by atoms with Crippen LogP contribution in [0.15, 0.2) is 61.1 Å². The summed E-state index contributed by atoms with van der Waals surface area (Å²) in [6.45, 7) is 0. The molecule has 2 N–H and O–H groups in total. The lowest BCUT2D eigenvalue weighted by molar-refractivity contribution is 0.209. The van der Waals surface area contributed by atoms with Crippen molar-refractivity contribution in [3.63, 3.8) is 0 Å². The predicted octanol–water partition coefficient (Wildman–Crippen LogP) is 5.19. The van der Waals surface area contributed by atoms with Gasteiger partial charge in [-0.2, -0.15) is 5.26 Å². The van der Waals surface area contributed by atoms with E-state index in [1.807, 2.05) is 30.3 Å². The summed E-state index contributed by atoms with van der Waals surface area (Å²) >= 11 is 0. The van der Waals surface area contributed by atoms with E-state index in [2.05, 4.69) is 25.9 Å². The molecule has 8 heteroatoms. The fraction of sp³-hybridized carbons (Fsp3) is 0.130. The van der Waals surface area contributed by atoms with Crippen molar-refractivity contribution in [2.24, 2.45) is 0 Å². The van der Waals surface area contributed by atoms with Gasteiger partial charge in [0.25, 0.3) is 0 Å². The summed E-state index contributed by atoms with van der Waals surface area (Å²) in [5, 5.41) is 22.1. The normalized spacial score (nSPS) is 13.0. The first-order chi connectivity index (χ1) is 15.1. The molecular formula is C23H17N5O3. The Hall–Kier alpha value is -4.38. The third-order valence-electron chi connectivity index (χ3n) is 5.17. The number of hydrogen-bond acceptors (Lipinski definition) is 5. The second-order valence-corrected chi connectivity index (χ2v) is 7.27. The molecule has 1 aliphatic carbocycles. The molecule has 0 spiro atoms. The zero-order valence-electron chi connectivity index (χ0n) is 16.3. The number of carbonyl (C=O) groups is 1. The molecule has 0 aliphatic heterocycles. The fourth-order valence-corrected chi connectivity index (χ4v) is 3.76. The summed E-state index contributed by atoms with van der Waals surface area (Å²) in [6.07, 6.45) is 5.65. The van der Waals surface area contributed by atoms with Crippen LogP contribution in [0.2, 0.25) is 0 Å². The molecule has 0 unspecified atom stereocenters. The van der Waals surface area contributed by atoms with Gasteiger partial charge in [0.1, 0.15) is 11.8 Å². The summed E-state index contributed by atoms with van der Waals surface area (Å²) < 4.78 is 8.04. The molecule has 1 aliphatic rings. The van der Waals surface area contributed by atoms with E-state index in [1.165, 1.54) is 0 Å². The van der Waals surface area contributed by atoms with Gasteiger partial charge in [0, 0.05) is 35.6 Å². The largest absolute Gasteiger partial charge is 0.465 e. The number of ether oxygens (including phenoxy) is 1. The van der Waals surface area contributed by atoms with Crippen molar-refractivity contribution in [1.82, 2.24) is 14.5 Å². The number of anilines is 1. The Morgan fingerprint density at radius 3 is 2.65 bits per heavy atom. The van der Waals surface area contributed by atoms with E-state index >= 15 is 0 Å². The molecule has 0 saturated heterocycles. The van der Waals surface area contributed by atoms with Crippen molar-refractivity contribution >= 4 is 22.7 Å². The Balaban J connectivity index is 1.63. The molecule has 2 aromatic heterocycles. The van der Waals surface area contributed by atoms with Gasteiger partial charge < -0.3 is 14.4 Å². The SMILES string of the molecule is N#Cc1c(-c2ccc(NC(=O)O)cc2)n(C2CC2)c2cc(Oc3cnccn3)ccc12. The van der Waals surface area contributed by atoms with Gasteiger partial charge >= 0.3 is 6.09 Å². The zero-order valence-corrected chi connectivity index (χ0v) is 16.3. The number of rotatable bonds is 5. The van der Waals surface area contributed by atoms with Crippen molar-refractivity contribution < 1.29 is 14.6 Å². The molecule has 0 atom stereocenters. The number of nitrogens with zero attached hydrogens (tertiary/aromatic N) is 4. The minimum Gasteiger partial charge on any atom is -0.465 e. The van der Waals surface area contributed by atoms with Gasteiger partial charge in [0.2, 0.25) is 5.88 Å². The van der Waals surface area contributed by atoms with Crippen molar-refractivity contribution in [2.75, 3.05) is 5.32 Å². The first-order valence-corrected chi connectivity index (χ1v) is 9.76. The number of aromatic nitrogens is 3. The van der Waals surface area contributed by atoms with Crippen LogP contribution >= 0.6 is 0 Å². The molecule has 1 amide bonds. The maximum Gasteiger partial charge on any atom is 0.409 e. The predicted molar refractivity (Wildman–Crippen MR) is 114 cm³/mol. The van der Waals surface area contributed by atoms with Crippen LogP contribution in [0.25, 0.3) is 22.2 Å². The Morgan fingerprint density at radius 1 is 1.19 bits per heavy atom. The fourth-order valence-electron chi connectivity index (χ4n) is 3.76. The van der Waals surface area contributed by atoms with Crippen molar-refractivity contribution in [1.29, 1.82) is 5.26 Å². The van der Waals surface area contributed by atoms with E-state index < -0.39 is 6.09 Å². The molecule has 4 aromatic rings. The number of carboxylic acid groups (broad SMARTS) is 1. The van der Waals surface area contributed by atoms with E-state index in [1.54, 1.807) is 30.7 Å². The smallest absolute Gasteiger partial charge is 0.409 e. The van der Waals surface area contributed by atoms with Crippen LogP contribution in [0.3, 0.4) is 0 Å². The minimum absolute atomic E-state index is 0.309. The minimum atomic E-state index is -1.12. The van der Waals surface area contributed by atoms with Crippen LogP contribution in [-0.4, -0.2) is 25.7 Å². The van der Waals surface area contributed by atoms with Gasteiger partial charge in [-0.15, -0.1) is 0 Å². The summed E-state index contributed by atoms with van der Waals surface area (Å²) in [7, 11) is 0. The molecule has 0 radical (unpaired) electrons. The summed E-state index contributed by atoms with van der Waals surface area (Å²) in [6, 6.07) is 15.4. The number of nitrogens with one attached hydrogen (secondary N) is 1. The molecule has 8 nitrogen and oxygen atoms in total. The Labute approximate surface area is 177 Å². The van der Waals surface area contributed by atoms with Crippen LogP contribution in [0.5, 0.6) is 11.6 Å². The molecule has 2 aromatic carbocycles. The van der Waals surface area contributed by atoms with Crippen LogP contribution in [0.1, 0.15) is 24.4 Å². The maximum absolute atomic E-state index is 10.9. The molecule has 1 saturated carbocycles. The molecule has 0 bridgehead atoms. The van der Waals surface area contributed by atoms with E-state index in [4.69, 9.17) is 9.84 Å². The molecule has 2 heterocycles. The first kappa shape index (κ1) is 18.6. The molecular weight excluding hydrogens is 394 g/mol. The quantitative estimate of drug-likeness (QED) is 0.467. The van der Waals surface area contributed by atoms with Gasteiger partial charge in [-0.05, 0) is 42.7 Å². The Morgan fingerprint density at radius 2 is 2.00 bits per heavy atom. The monoisotopic (exact) mass is 411 g/mol. The lowest BCUT2D eigenvalue weighted by atomic mass is 10.1. The average Bonchev–Trinajstić information content (AvgIpc) is 3.56. The number of amides is 1. The molecule has 31 heavy (non-hydrogen) atoms. The first-order valence-electron chi connectivity index (χ1n) is 9.76. The van der Waals surface area contributed by atoms with Crippen LogP contribution in [0, 0.1) is 11.3 Å². The second kappa shape index (κ2) is 7.46. The zero-order chi connectivity index (χ0) is 21.4. The highest BCUT2D eigenvalue weighted by molar-refractivity contribution is 5.96. The third kappa shape index (κ3) is 3.53. The van der Waals surface area contributed by atoms with Crippen LogP contribution in [0.4, 0.5) is 10.5 Å². The molecule has 152 valence electrons. The second-order valence-electron chi connectivity index (χ2n) is 7.27. The van der Waals surface area contributed by atoms with E-state index in [0.29, 0.717) is 28.9 Å². The topological polar surface area (TPSA) is 113 Å². The standard InChI is InChI=1S/C23H17N5O3/c24-12-19-18-8-7-17(31-21-13-25-9-10-26-21)11-20(18)28(16-5-6-16)22(19)14-1-3-15(4-2-14)27-23(29)30/h1-4,7-11,13,16,27H,5-6H2,(H,29,30). The van der Waals surface area contributed by atoms with Crippen molar-refractivity contribution in [3.8, 4) is 29.0 Å².